The molecule has 6 nitrogen and oxygen atoms in total. The third-order valence-electron chi connectivity index (χ3n) is 4.79. The first kappa shape index (κ1) is 23.9. The molecule has 1 heterocycles. The average molecular weight is 442 g/mol. The number of unbranched alkanes of at least 4 members (excludes halogenated alkanes) is 1. The highest BCUT2D eigenvalue weighted by molar-refractivity contribution is 8.01. The Balaban J connectivity index is 1.95. The molecule has 0 spiro atoms. The highest BCUT2D eigenvalue weighted by Gasteiger charge is 2.32. The molecule has 1 N–H and O–H groups in total. The zero-order valence-electron chi connectivity index (χ0n) is 17.5. The van der Waals surface area contributed by atoms with Crippen molar-refractivity contribution in [3.8, 4) is 0 Å². The Bertz CT molecular complexity index is 812. The predicted octanol–water partition coefficient (Wildman–Crippen LogP) is 3.87. The normalized spacial score (nSPS) is 19.3. The van der Waals surface area contributed by atoms with E-state index < -0.39 is 16.2 Å². The molecule has 162 valence electrons. The third kappa shape index (κ3) is 6.84. The summed E-state index contributed by atoms with van der Waals surface area (Å²) in [5, 5.41) is 10.4. The molecular formula is C21H31NO5S2. The molecule has 1 aromatic carbocycles. The minimum absolute atomic E-state index is 0.00337. The fraction of sp³-hybridized carbons (Fsp3) is 0.571. The van der Waals surface area contributed by atoms with Crippen LogP contribution in [-0.2, 0) is 19.1 Å². The molecule has 29 heavy (non-hydrogen) atoms. The molecule has 1 fully saturated rings. The largest absolute Gasteiger partial charge is 0.388 e. The molecule has 0 radical (unpaired) electrons. The number of hydrogen-bond acceptors (Lipinski definition) is 6. The van der Waals surface area contributed by atoms with Gasteiger partial charge in [0.2, 0.25) is 5.91 Å². The van der Waals surface area contributed by atoms with E-state index in [2.05, 4.69) is 4.18 Å². The van der Waals surface area contributed by atoms with Gasteiger partial charge in [0.15, 0.2) is 0 Å². The van der Waals surface area contributed by atoms with E-state index >= 15 is 0 Å². The van der Waals surface area contributed by atoms with Crippen molar-refractivity contribution < 1.29 is 22.5 Å². The highest BCUT2D eigenvalue weighted by atomic mass is 32.2. The van der Waals surface area contributed by atoms with Crippen LogP contribution in [0.3, 0.4) is 0 Å². The molecule has 0 bridgehead atoms. The zero-order chi connectivity index (χ0) is 21.7. The van der Waals surface area contributed by atoms with E-state index in [9.17, 15) is 18.3 Å². The molecule has 0 saturated carbocycles. The first-order chi connectivity index (χ1) is 13.5. The van der Waals surface area contributed by atoms with Crippen LogP contribution >= 0.6 is 11.8 Å². The van der Waals surface area contributed by atoms with Gasteiger partial charge in [-0.2, -0.15) is 8.42 Å². The van der Waals surface area contributed by atoms with Crippen LogP contribution in [0.15, 0.2) is 36.4 Å². The summed E-state index contributed by atoms with van der Waals surface area (Å²) in [5.41, 5.74) is 1.41. The van der Waals surface area contributed by atoms with Crippen LogP contribution in [0.2, 0.25) is 0 Å². The monoisotopic (exact) mass is 441 g/mol. The highest BCUT2D eigenvalue weighted by Crippen LogP contribution is 2.36. The second kappa shape index (κ2) is 10.1. The number of benzene rings is 1. The topological polar surface area (TPSA) is 83.9 Å². The van der Waals surface area contributed by atoms with Crippen molar-refractivity contribution in [2.75, 3.05) is 23.5 Å². The number of aliphatic hydroxyl groups is 1. The molecule has 0 aromatic heterocycles. The summed E-state index contributed by atoms with van der Waals surface area (Å²) in [6, 6.07) is 7.54. The Morgan fingerprint density at radius 3 is 2.52 bits per heavy atom. The summed E-state index contributed by atoms with van der Waals surface area (Å²) in [5.74, 6) is 0.518. The number of aliphatic hydroxyl groups excluding tert-OH is 1. The van der Waals surface area contributed by atoms with Gasteiger partial charge in [-0.25, -0.2) is 0 Å². The second-order valence-corrected chi connectivity index (χ2v) is 11.2. The van der Waals surface area contributed by atoms with E-state index in [1.807, 2.05) is 57.2 Å². The van der Waals surface area contributed by atoms with E-state index in [4.69, 9.17) is 0 Å². The Kier molecular flexibility index (Phi) is 8.34. The smallest absolute Gasteiger partial charge is 0.267 e. The van der Waals surface area contributed by atoms with E-state index in [0.29, 0.717) is 25.0 Å². The Labute approximate surface area is 178 Å². The third-order valence-corrected chi connectivity index (χ3v) is 7.28. The number of carbonyl (C=O) groups is 1. The van der Waals surface area contributed by atoms with Crippen molar-refractivity contribution in [1.29, 1.82) is 0 Å². The van der Waals surface area contributed by atoms with Gasteiger partial charge in [0.25, 0.3) is 10.1 Å². The summed E-state index contributed by atoms with van der Waals surface area (Å²) in [6.45, 7) is 5.96. The molecule has 0 aliphatic carbocycles. The maximum atomic E-state index is 12.4. The molecule has 1 aliphatic rings. The number of carbonyl (C=O) groups excluding carboxylic acids is 1. The van der Waals surface area contributed by atoms with E-state index in [0.717, 1.165) is 11.3 Å². The van der Waals surface area contributed by atoms with Gasteiger partial charge in [0.1, 0.15) is 0 Å². The zero-order valence-corrected chi connectivity index (χ0v) is 19.1. The summed E-state index contributed by atoms with van der Waals surface area (Å²) >= 11 is 1.60. The van der Waals surface area contributed by atoms with Crippen molar-refractivity contribution in [2.24, 2.45) is 5.41 Å². The van der Waals surface area contributed by atoms with Gasteiger partial charge in [-0.05, 0) is 42.4 Å². The molecule has 1 saturated heterocycles. The molecule has 2 atom stereocenters. The van der Waals surface area contributed by atoms with E-state index in [1.54, 1.807) is 16.7 Å². The Morgan fingerprint density at radius 1 is 1.28 bits per heavy atom. The van der Waals surface area contributed by atoms with Gasteiger partial charge in [0.05, 0.1) is 30.1 Å². The van der Waals surface area contributed by atoms with Crippen LogP contribution < -0.4 is 4.90 Å². The molecule has 2 rings (SSSR count). The first-order valence-electron chi connectivity index (χ1n) is 9.70. The predicted molar refractivity (Wildman–Crippen MR) is 118 cm³/mol. The lowest BCUT2D eigenvalue weighted by Gasteiger charge is -2.27. The summed E-state index contributed by atoms with van der Waals surface area (Å²) in [4.78, 5) is 14.2. The summed E-state index contributed by atoms with van der Waals surface area (Å²) in [6.07, 6.45) is 5.23. The minimum Gasteiger partial charge on any atom is -0.388 e. The minimum atomic E-state index is -3.40. The van der Waals surface area contributed by atoms with Gasteiger partial charge in [-0.1, -0.05) is 45.1 Å². The maximum Gasteiger partial charge on any atom is 0.267 e. The molecule has 8 heteroatoms. The van der Waals surface area contributed by atoms with Gasteiger partial charge in [-0.3, -0.25) is 13.9 Å². The van der Waals surface area contributed by atoms with Crippen LogP contribution in [-0.4, -0.2) is 43.4 Å². The van der Waals surface area contributed by atoms with Crippen LogP contribution in [0.25, 0.3) is 0 Å². The number of hydrogen-bond donors (Lipinski definition) is 1. The van der Waals surface area contributed by atoms with Crippen molar-refractivity contribution in [1.82, 2.24) is 0 Å². The molecule has 1 aromatic rings. The van der Waals surface area contributed by atoms with Gasteiger partial charge in [-0.15, -0.1) is 11.8 Å². The molecule has 1 amide bonds. The first-order valence-corrected chi connectivity index (χ1v) is 12.3. The SMILES string of the molecule is COS(=O)(=O)CCCC=CCC1SCC(=O)N1c1ccc(C(O)C(C)(C)C)cc1. The lowest BCUT2D eigenvalue weighted by atomic mass is 9.85. The average Bonchev–Trinajstić information content (AvgIpc) is 3.03. The number of amides is 1. The number of rotatable bonds is 9. The molecule has 1 aliphatic heterocycles. The summed E-state index contributed by atoms with van der Waals surface area (Å²) < 4.78 is 27.0. The Hall–Kier alpha value is -1.35. The van der Waals surface area contributed by atoms with Crippen LogP contribution in [0, 0.1) is 5.41 Å². The van der Waals surface area contributed by atoms with Crippen molar-refractivity contribution in [3.05, 3.63) is 42.0 Å². The molecular weight excluding hydrogens is 410 g/mol. The summed E-state index contributed by atoms with van der Waals surface area (Å²) in [7, 11) is -2.23. The number of anilines is 1. The molecule has 2 unspecified atom stereocenters. The van der Waals surface area contributed by atoms with E-state index in [1.165, 1.54) is 7.11 Å². The lowest BCUT2D eigenvalue weighted by Crippen LogP contribution is -2.32. The van der Waals surface area contributed by atoms with Crippen LogP contribution in [0.1, 0.15) is 51.7 Å². The standard InChI is InChI=1S/C21H31NO5S2/c1-21(2,3)20(24)16-10-12-17(13-11-16)22-18(23)15-28-19(22)9-7-5-6-8-14-29(25,26)27-4/h5,7,10-13,19-20,24H,6,8-9,14-15H2,1-4H3. The van der Waals surface area contributed by atoms with Gasteiger partial charge < -0.3 is 5.11 Å². The van der Waals surface area contributed by atoms with Crippen molar-refractivity contribution in [3.63, 3.8) is 0 Å². The fourth-order valence-corrected chi connectivity index (χ4v) is 4.86. The number of nitrogens with zero attached hydrogens (tertiary/aromatic N) is 1. The van der Waals surface area contributed by atoms with Crippen molar-refractivity contribution in [2.45, 2.75) is 51.5 Å². The van der Waals surface area contributed by atoms with E-state index in [-0.39, 0.29) is 22.4 Å². The van der Waals surface area contributed by atoms with Crippen LogP contribution in [0.4, 0.5) is 5.69 Å². The second-order valence-electron chi connectivity index (χ2n) is 8.17. The quantitative estimate of drug-likeness (QED) is 0.356. The number of allylic oxidation sites excluding steroid dienone is 1. The fourth-order valence-electron chi connectivity index (χ4n) is 3.06. The van der Waals surface area contributed by atoms with Crippen LogP contribution in [0.5, 0.6) is 0 Å². The van der Waals surface area contributed by atoms with Gasteiger partial charge in [0, 0.05) is 5.69 Å². The Morgan fingerprint density at radius 2 is 1.93 bits per heavy atom. The lowest BCUT2D eigenvalue weighted by molar-refractivity contribution is -0.115. The maximum absolute atomic E-state index is 12.4. The van der Waals surface area contributed by atoms with Crippen molar-refractivity contribution >= 4 is 33.5 Å². The van der Waals surface area contributed by atoms with Gasteiger partial charge >= 0.3 is 0 Å². The number of thioether (sulfide) groups is 1.